The summed E-state index contributed by atoms with van der Waals surface area (Å²) < 4.78 is 12.3. The maximum atomic E-state index is 12.7. The van der Waals surface area contributed by atoms with Gasteiger partial charge in [-0.25, -0.2) is 19.1 Å². The van der Waals surface area contributed by atoms with Gasteiger partial charge in [0.15, 0.2) is 0 Å². The monoisotopic (exact) mass is 390 g/mol. The Labute approximate surface area is 165 Å². The fraction of sp³-hybridized carbons (Fsp3) is 0.550. The number of nitrogens with zero attached hydrogens (tertiary/aromatic N) is 3. The number of imidazole rings is 1. The molecule has 8 nitrogen and oxygen atoms in total. The van der Waals surface area contributed by atoms with E-state index in [0.29, 0.717) is 30.1 Å². The van der Waals surface area contributed by atoms with Crippen LogP contribution in [0.1, 0.15) is 41.5 Å². The Bertz CT molecular complexity index is 846. The number of likely N-dealkylation sites (N-methyl/N-ethyl adjacent to an activating group) is 1. The van der Waals surface area contributed by atoms with Gasteiger partial charge in [-0.15, -0.1) is 0 Å². The molecule has 2 rings (SSSR count). The summed E-state index contributed by atoms with van der Waals surface area (Å²) >= 11 is 0. The summed E-state index contributed by atoms with van der Waals surface area (Å²) in [4.78, 5) is 30.7. The van der Waals surface area contributed by atoms with E-state index in [4.69, 9.17) is 9.47 Å². The lowest BCUT2D eigenvalue weighted by Crippen LogP contribution is -2.37. The van der Waals surface area contributed by atoms with Crippen molar-refractivity contribution in [2.75, 3.05) is 25.5 Å². The molecule has 0 radical (unpaired) electrons. The number of carbonyl (C=O) groups excluding carboxylic acids is 2. The van der Waals surface area contributed by atoms with Crippen LogP contribution >= 0.6 is 0 Å². The minimum atomic E-state index is -0.628. The molecule has 0 fully saturated rings. The second-order valence-corrected chi connectivity index (χ2v) is 8.57. The summed E-state index contributed by atoms with van der Waals surface area (Å²) in [6, 6.07) is 7.33. The highest BCUT2D eigenvalue weighted by Gasteiger charge is 2.23. The van der Waals surface area contributed by atoms with Crippen LogP contribution in [-0.4, -0.2) is 58.0 Å². The van der Waals surface area contributed by atoms with Crippen molar-refractivity contribution in [1.29, 1.82) is 0 Å². The average Bonchev–Trinajstić information content (AvgIpc) is 2.89. The van der Waals surface area contributed by atoms with Gasteiger partial charge in [-0.1, -0.05) is 12.1 Å². The predicted octanol–water partition coefficient (Wildman–Crippen LogP) is 4.10. The maximum Gasteiger partial charge on any atom is 0.421 e. The quantitative estimate of drug-likeness (QED) is 0.846. The van der Waals surface area contributed by atoms with Crippen molar-refractivity contribution >= 4 is 29.2 Å². The molecule has 1 N–H and O–H groups in total. The molecule has 0 aliphatic carbocycles. The van der Waals surface area contributed by atoms with Crippen LogP contribution in [0.15, 0.2) is 24.3 Å². The number of carbonyl (C=O) groups is 2. The molecule has 8 heteroatoms. The molecule has 0 atom stereocenters. The van der Waals surface area contributed by atoms with Crippen molar-refractivity contribution in [3.05, 3.63) is 24.3 Å². The van der Waals surface area contributed by atoms with Gasteiger partial charge in [0.2, 0.25) is 5.95 Å². The zero-order valence-corrected chi connectivity index (χ0v) is 17.7. The molecule has 0 unspecified atom stereocenters. The molecule has 0 saturated heterocycles. The van der Waals surface area contributed by atoms with Crippen LogP contribution < -0.4 is 5.32 Å². The van der Waals surface area contributed by atoms with Crippen LogP contribution in [0.3, 0.4) is 0 Å². The van der Waals surface area contributed by atoms with E-state index in [9.17, 15) is 9.59 Å². The van der Waals surface area contributed by atoms with Gasteiger partial charge in [0.05, 0.1) is 11.0 Å². The zero-order valence-electron chi connectivity index (χ0n) is 17.7. The highest BCUT2D eigenvalue weighted by Crippen LogP contribution is 2.21. The Kier molecular flexibility index (Phi) is 6.21. The molecule has 154 valence electrons. The van der Waals surface area contributed by atoms with Gasteiger partial charge in [0.25, 0.3) is 0 Å². The molecule has 0 bridgehead atoms. The lowest BCUT2D eigenvalue weighted by atomic mass is 10.2. The minimum Gasteiger partial charge on any atom is -0.444 e. The number of anilines is 1. The first-order chi connectivity index (χ1) is 12.9. The normalized spacial score (nSPS) is 12.0. The number of rotatable bonds is 4. The third-order valence-electron chi connectivity index (χ3n) is 3.57. The smallest absolute Gasteiger partial charge is 0.421 e. The number of hydrogen-bond donors (Lipinski definition) is 1. The standard InChI is InChI=1S/C20H30N4O4/c1-19(2,3)27-17(25)23(7)13-12-21-16-22-14-10-8-9-11-15(14)24(16)18(26)28-20(4,5)6/h8-11H,12-13H2,1-7H3,(H,21,22). The van der Waals surface area contributed by atoms with E-state index >= 15 is 0 Å². The molecular formula is C20H30N4O4. The molecule has 0 aliphatic heterocycles. The number of ether oxygens (including phenoxy) is 2. The summed E-state index contributed by atoms with van der Waals surface area (Å²) in [6.45, 7) is 11.7. The van der Waals surface area contributed by atoms with E-state index in [1.165, 1.54) is 9.47 Å². The summed E-state index contributed by atoms with van der Waals surface area (Å²) in [6.07, 6.45) is -0.917. The van der Waals surface area contributed by atoms with E-state index < -0.39 is 23.4 Å². The van der Waals surface area contributed by atoms with Crippen molar-refractivity contribution in [3.8, 4) is 0 Å². The van der Waals surface area contributed by atoms with Gasteiger partial charge in [0, 0.05) is 20.1 Å². The van der Waals surface area contributed by atoms with Crippen LogP contribution in [0.2, 0.25) is 0 Å². The van der Waals surface area contributed by atoms with Crippen LogP contribution in [0, 0.1) is 0 Å². The molecule has 1 heterocycles. The van der Waals surface area contributed by atoms with Crippen molar-refractivity contribution in [2.45, 2.75) is 52.7 Å². The van der Waals surface area contributed by atoms with Gasteiger partial charge < -0.3 is 19.7 Å². The molecule has 0 saturated carbocycles. The molecule has 2 aromatic rings. The topological polar surface area (TPSA) is 85.7 Å². The van der Waals surface area contributed by atoms with Crippen molar-refractivity contribution in [2.24, 2.45) is 0 Å². The van der Waals surface area contributed by atoms with E-state index in [2.05, 4.69) is 10.3 Å². The largest absolute Gasteiger partial charge is 0.444 e. The van der Waals surface area contributed by atoms with Crippen LogP contribution in [0.25, 0.3) is 11.0 Å². The number of amides is 1. The molecule has 28 heavy (non-hydrogen) atoms. The fourth-order valence-corrected chi connectivity index (χ4v) is 2.40. The Morgan fingerprint density at radius 2 is 1.68 bits per heavy atom. The zero-order chi connectivity index (χ0) is 21.1. The summed E-state index contributed by atoms with van der Waals surface area (Å²) in [7, 11) is 1.66. The number of hydrogen-bond acceptors (Lipinski definition) is 6. The SMILES string of the molecule is CN(CCNc1nc2ccccc2n1C(=O)OC(C)(C)C)C(=O)OC(C)(C)C. The van der Waals surface area contributed by atoms with E-state index in [1.807, 2.05) is 65.8 Å². The number of aromatic nitrogens is 2. The third-order valence-corrected chi connectivity index (χ3v) is 3.57. The second kappa shape index (κ2) is 8.08. The average molecular weight is 390 g/mol. The van der Waals surface area contributed by atoms with Gasteiger partial charge >= 0.3 is 12.2 Å². The molecule has 1 aromatic heterocycles. The number of benzene rings is 1. The van der Waals surface area contributed by atoms with Crippen molar-refractivity contribution in [3.63, 3.8) is 0 Å². The lowest BCUT2D eigenvalue weighted by molar-refractivity contribution is 0.0304. The number of para-hydroxylation sites is 2. The van der Waals surface area contributed by atoms with Crippen LogP contribution in [0.5, 0.6) is 0 Å². The fourth-order valence-electron chi connectivity index (χ4n) is 2.40. The van der Waals surface area contributed by atoms with Gasteiger partial charge in [-0.2, -0.15) is 0 Å². The van der Waals surface area contributed by atoms with E-state index in [1.54, 1.807) is 7.05 Å². The first-order valence-corrected chi connectivity index (χ1v) is 9.26. The Balaban J connectivity index is 2.13. The van der Waals surface area contributed by atoms with Crippen LogP contribution in [0.4, 0.5) is 15.5 Å². The predicted molar refractivity (Wildman–Crippen MR) is 109 cm³/mol. The summed E-state index contributed by atoms with van der Waals surface area (Å²) in [5.41, 5.74) is 0.149. The van der Waals surface area contributed by atoms with Gasteiger partial charge in [-0.3, -0.25) is 0 Å². The first-order valence-electron chi connectivity index (χ1n) is 9.26. The Morgan fingerprint density at radius 3 is 2.29 bits per heavy atom. The maximum absolute atomic E-state index is 12.7. The van der Waals surface area contributed by atoms with Gasteiger partial charge in [-0.05, 0) is 53.7 Å². The third kappa shape index (κ3) is 5.87. The lowest BCUT2D eigenvalue weighted by Gasteiger charge is -2.24. The molecule has 0 aliphatic rings. The van der Waals surface area contributed by atoms with Crippen LogP contribution in [-0.2, 0) is 9.47 Å². The summed E-state index contributed by atoms with van der Waals surface area (Å²) in [5.74, 6) is 0.369. The summed E-state index contributed by atoms with van der Waals surface area (Å²) in [5, 5.41) is 3.12. The molecule has 1 amide bonds. The van der Waals surface area contributed by atoms with E-state index in [-0.39, 0.29) is 0 Å². The molecular weight excluding hydrogens is 360 g/mol. The molecule has 1 aromatic carbocycles. The second-order valence-electron chi connectivity index (χ2n) is 8.57. The van der Waals surface area contributed by atoms with Gasteiger partial charge in [0.1, 0.15) is 11.2 Å². The molecule has 0 spiro atoms. The minimum absolute atomic E-state index is 0.369. The highest BCUT2D eigenvalue weighted by molar-refractivity contribution is 5.90. The van der Waals surface area contributed by atoms with Crippen molar-refractivity contribution in [1.82, 2.24) is 14.5 Å². The van der Waals surface area contributed by atoms with E-state index in [0.717, 1.165) is 0 Å². The number of fused-ring (bicyclic) bond motifs is 1. The van der Waals surface area contributed by atoms with Crippen molar-refractivity contribution < 1.29 is 19.1 Å². The highest BCUT2D eigenvalue weighted by atomic mass is 16.6. The Morgan fingerprint density at radius 1 is 1.07 bits per heavy atom. The number of nitrogens with one attached hydrogen (secondary N) is 1. The Hall–Kier alpha value is -2.77. The first kappa shape index (κ1) is 21.5.